The van der Waals surface area contributed by atoms with Gasteiger partial charge in [0, 0.05) is 20.1 Å². The lowest BCUT2D eigenvalue weighted by Crippen LogP contribution is -2.26. The Balaban J connectivity index is 2.73. The molecule has 0 aliphatic rings. The minimum atomic E-state index is 0.265. The molecule has 0 bridgehead atoms. The maximum atomic E-state index is 6.29. The van der Waals surface area contributed by atoms with Crippen LogP contribution in [-0.2, 0) is 11.3 Å². The predicted molar refractivity (Wildman–Crippen MR) is 78.6 cm³/mol. The van der Waals surface area contributed by atoms with E-state index in [4.69, 9.17) is 16.3 Å². The van der Waals surface area contributed by atoms with Crippen molar-refractivity contribution < 1.29 is 4.74 Å². The van der Waals surface area contributed by atoms with E-state index in [2.05, 4.69) is 16.3 Å². The zero-order chi connectivity index (χ0) is 13.5. The number of likely N-dealkylation sites (N-methyl/N-ethyl adjacent to an activating group) is 1. The van der Waals surface area contributed by atoms with Crippen LogP contribution in [0.25, 0.3) is 0 Å². The van der Waals surface area contributed by atoms with Gasteiger partial charge in [0.15, 0.2) is 0 Å². The zero-order valence-corrected chi connectivity index (χ0v) is 12.4. The van der Waals surface area contributed by atoms with Crippen molar-refractivity contribution in [2.24, 2.45) is 0 Å². The zero-order valence-electron chi connectivity index (χ0n) is 11.7. The second-order valence-corrected chi connectivity index (χ2v) is 5.03. The van der Waals surface area contributed by atoms with Gasteiger partial charge in [0.05, 0.1) is 23.4 Å². The molecule has 0 saturated heterocycles. The van der Waals surface area contributed by atoms with E-state index in [1.165, 1.54) is 5.56 Å². The second-order valence-electron chi connectivity index (χ2n) is 4.62. The molecule has 0 aliphatic carbocycles. The highest BCUT2D eigenvalue weighted by Gasteiger charge is 2.11. The summed E-state index contributed by atoms with van der Waals surface area (Å²) in [6.45, 7) is 6.44. The molecule has 18 heavy (non-hydrogen) atoms. The van der Waals surface area contributed by atoms with E-state index < -0.39 is 0 Å². The van der Waals surface area contributed by atoms with Gasteiger partial charge < -0.3 is 15.0 Å². The summed E-state index contributed by atoms with van der Waals surface area (Å²) in [4.78, 5) is 2.15. The number of hydrogen-bond acceptors (Lipinski definition) is 3. The Kier molecular flexibility index (Phi) is 6.47. The molecule has 0 spiro atoms. The summed E-state index contributed by atoms with van der Waals surface area (Å²) in [5, 5.41) is 3.95. The molecule has 3 nitrogen and oxygen atoms in total. The lowest BCUT2D eigenvalue weighted by atomic mass is 10.1. The van der Waals surface area contributed by atoms with Crippen LogP contribution < -0.4 is 10.2 Å². The van der Waals surface area contributed by atoms with Gasteiger partial charge in [-0.25, -0.2) is 0 Å². The van der Waals surface area contributed by atoms with Crippen LogP contribution in [0, 0.1) is 0 Å². The largest absolute Gasteiger partial charge is 0.377 e. The Morgan fingerprint density at radius 3 is 2.72 bits per heavy atom. The van der Waals surface area contributed by atoms with Crippen molar-refractivity contribution in [2.45, 2.75) is 26.5 Å². The molecule has 0 atom stereocenters. The molecule has 0 fully saturated rings. The first-order valence-electron chi connectivity index (χ1n) is 6.31. The molecule has 0 saturated carbocycles. The monoisotopic (exact) mass is 270 g/mol. The molecule has 4 heteroatoms. The highest BCUT2D eigenvalue weighted by atomic mass is 35.5. The summed E-state index contributed by atoms with van der Waals surface area (Å²) >= 11 is 6.29. The number of hydrogen-bond donors (Lipinski definition) is 1. The van der Waals surface area contributed by atoms with Crippen LogP contribution in [0.4, 0.5) is 5.69 Å². The number of para-hydroxylation sites is 1. The smallest absolute Gasteiger partial charge is 0.0644 e. The fraction of sp³-hybridized carbons (Fsp3) is 0.571. The maximum Gasteiger partial charge on any atom is 0.0644 e. The summed E-state index contributed by atoms with van der Waals surface area (Å²) in [5.41, 5.74) is 2.29. The Bertz CT molecular complexity index is 369. The van der Waals surface area contributed by atoms with Crippen molar-refractivity contribution in [3.8, 4) is 0 Å². The summed E-state index contributed by atoms with van der Waals surface area (Å²) in [6, 6.07) is 6.00. The molecule has 0 amide bonds. The summed E-state index contributed by atoms with van der Waals surface area (Å²) in [7, 11) is 3.98. The first kappa shape index (κ1) is 15.3. The predicted octanol–water partition coefficient (Wildman–Crippen LogP) is 2.92. The SMILES string of the molecule is CNCc1cccc(Cl)c1N(C)CCOC(C)C. The van der Waals surface area contributed by atoms with Crippen LogP contribution in [0.5, 0.6) is 0 Å². The minimum absolute atomic E-state index is 0.265. The first-order chi connectivity index (χ1) is 8.56. The minimum Gasteiger partial charge on any atom is -0.377 e. The normalized spacial score (nSPS) is 11.0. The van der Waals surface area contributed by atoms with Crippen molar-refractivity contribution in [1.82, 2.24) is 5.32 Å². The Morgan fingerprint density at radius 2 is 2.11 bits per heavy atom. The Morgan fingerprint density at radius 1 is 1.39 bits per heavy atom. The number of nitrogens with zero attached hydrogens (tertiary/aromatic N) is 1. The quantitative estimate of drug-likeness (QED) is 0.825. The van der Waals surface area contributed by atoms with Crippen LogP contribution in [0.2, 0.25) is 5.02 Å². The number of anilines is 1. The van der Waals surface area contributed by atoms with Crippen molar-refractivity contribution in [3.05, 3.63) is 28.8 Å². The van der Waals surface area contributed by atoms with Gasteiger partial charge in [-0.15, -0.1) is 0 Å². The molecule has 0 unspecified atom stereocenters. The van der Waals surface area contributed by atoms with Gasteiger partial charge in [0.1, 0.15) is 0 Å². The van der Waals surface area contributed by atoms with E-state index in [1.807, 2.05) is 40.1 Å². The number of nitrogens with one attached hydrogen (secondary N) is 1. The molecule has 102 valence electrons. The highest BCUT2D eigenvalue weighted by Crippen LogP contribution is 2.28. The molecule has 0 aromatic heterocycles. The summed E-state index contributed by atoms with van der Waals surface area (Å²) in [5.74, 6) is 0. The third kappa shape index (κ3) is 4.48. The average molecular weight is 271 g/mol. The van der Waals surface area contributed by atoms with E-state index in [0.29, 0.717) is 6.61 Å². The number of benzene rings is 1. The second kappa shape index (κ2) is 7.62. The van der Waals surface area contributed by atoms with E-state index in [-0.39, 0.29) is 6.10 Å². The van der Waals surface area contributed by atoms with Crippen LogP contribution in [0.3, 0.4) is 0 Å². The van der Waals surface area contributed by atoms with Crippen molar-refractivity contribution in [3.63, 3.8) is 0 Å². The molecular formula is C14H23ClN2O. The van der Waals surface area contributed by atoms with Crippen LogP contribution in [-0.4, -0.2) is 33.4 Å². The Hall–Kier alpha value is -0.770. The molecule has 0 heterocycles. The molecular weight excluding hydrogens is 248 g/mol. The fourth-order valence-corrected chi connectivity index (χ4v) is 2.20. The highest BCUT2D eigenvalue weighted by molar-refractivity contribution is 6.33. The topological polar surface area (TPSA) is 24.5 Å². The van der Waals surface area contributed by atoms with Gasteiger partial charge in [0.2, 0.25) is 0 Å². The molecule has 1 rings (SSSR count). The number of halogens is 1. The lowest BCUT2D eigenvalue weighted by molar-refractivity contribution is 0.0846. The van der Waals surface area contributed by atoms with Gasteiger partial charge in [-0.1, -0.05) is 23.7 Å². The van der Waals surface area contributed by atoms with E-state index >= 15 is 0 Å². The molecule has 1 aromatic rings. The van der Waals surface area contributed by atoms with Gasteiger partial charge in [-0.05, 0) is 32.5 Å². The van der Waals surface area contributed by atoms with E-state index in [0.717, 1.165) is 23.8 Å². The Labute approximate surface area is 115 Å². The van der Waals surface area contributed by atoms with Crippen molar-refractivity contribution in [1.29, 1.82) is 0 Å². The number of ether oxygens (including phenoxy) is 1. The third-order valence-corrected chi connectivity index (χ3v) is 3.00. The van der Waals surface area contributed by atoms with Gasteiger partial charge >= 0.3 is 0 Å². The summed E-state index contributed by atoms with van der Waals surface area (Å²) < 4.78 is 5.57. The standard InChI is InChI=1S/C14H23ClN2O/c1-11(2)18-9-8-17(4)14-12(10-16-3)6-5-7-13(14)15/h5-7,11,16H,8-10H2,1-4H3. The van der Waals surface area contributed by atoms with Crippen LogP contribution in [0.1, 0.15) is 19.4 Å². The lowest BCUT2D eigenvalue weighted by Gasteiger charge is -2.24. The van der Waals surface area contributed by atoms with Crippen molar-refractivity contribution in [2.75, 3.05) is 32.1 Å². The first-order valence-corrected chi connectivity index (χ1v) is 6.68. The van der Waals surface area contributed by atoms with Crippen LogP contribution in [0.15, 0.2) is 18.2 Å². The molecule has 1 N–H and O–H groups in total. The average Bonchev–Trinajstić information content (AvgIpc) is 2.28. The van der Waals surface area contributed by atoms with Crippen molar-refractivity contribution >= 4 is 17.3 Å². The molecule has 0 radical (unpaired) electrons. The summed E-state index contributed by atoms with van der Waals surface area (Å²) in [6.07, 6.45) is 0.265. The third-order valence-electron chi connectivity index (χ3n) is 2.70. The number of rotatable bonds is 7. The van der Waals surface area contributed by atoms with Gasteiger partial charge in [-0.3, -0.25) is 0 Å². The van der Waals surface area contributed by atoms with Gasteiger partial charge in [0.25, 0.3) is 0 Å². The van der Waals surface area contributed by atoms with Gasteiger partial charge in [-0.2, -0.15) is 0 Å². The maximum absolute atomic E-state index is 6.29. The molecule has 0 aliphatic heterocycles. The van der Waals surface area contributed by atoms with E-state index in [9.17, 15) is 0 Å². The van der Waals surface area contributed by atoms with E-state index in [1.54, 1.807) is 0 Å². The van der Waals surface area contributed by atoms with Crippen LogP contribution >= 0.6 is 11.6 Å². The fourth-order valence-electron chi connectivity index (χ4n) is 1.86. The molecule has 1 aromatic carbocycles.